The molecule has 1 saturated heterocycles. The molecular weight excluding hydrogens is 146 g/mol. The summed E-state index contributed by atoms with van der Waals surface area (Å²) >= 11 is 0. The Morgan fingerprint density at radius 2 is 2.45 bits per heavy atom. The van der Waals surface area contributed by atoms with Gasteiger partial charge in [0.25, 0.3) is 7.41 Å². The fourth-order valence-electron chi connectivity index (χ4n) is 1.17. The zero-order chi connectivity index (χ0) is 8.27. The molecule has 1 radical (unpaired) electrons. The first-order chi connectivity index (χ1) is 5.24. The Labute approximate surface area is 66.0 Å². The summed E-state index contributed by atoms with van der Waals surface area (Å²) in [6.07, 6.45) is 0.287. The minimum Gasteiger partial charge on any atom is -0.337 e. The van der Waals surface area contributed by atoms with Crippen molar-refractivity contribution in [2.75, 3.05) is 13.1 Å². The minimum absolute atomic E-state index is 0.250. The monoisotopic (exact) mass is 157 g/mol. The molecular formula is C6H11BFN2O. The van der Waals surface area contributed by atoms with Crippen molar-refractivity contribution in [3.05, 3.63) is 0 Å². The van der Waals surface area contributed by atoms with Gasteiger partial charge in [-0.1, -0.05) is 0 Å². The van der Waals surface area contributed by atoms with Crippen molar-refractivity contribution in [2.24, 2.45) is 5.73 Å². The highest BCUT2D eigenvalue weighted by Crippen LogP contribution is 2.10. The highest BCUT2D eigenvalue weighted by molar-refractivity contribution is 6.64. The van der Waals surface area contributed by atoms with Crippen molar-refractivity contribution >= 4 is 13.6 Å². The zero-order valence-corrected chi connectivity index (χ0v) is 6.24. The van der Waals surface area contributed by atoms with Gasteiger partial charge in [0.2, 0.25) is 0 Å². The predicted molar refractivity (Wildman–Crippen MR) is 41.6 cm³/mol. The summed E-state index contributed by atoms with van der Waals surface area (Å²) in [5.74, 6) is 0. The van der Waals surface area contributed by atoms with E-state index >= 15 is 0 Å². The van der Waals surface area contributed by atoms with Crippen molar-refractivity contribution in [3.8, 4) is 0 Å². The Morgan fingerprint density at radius 1 is 1.73 bits per heavy atom. The normalized spacial score (nSPS) is 33.3. The molecule has 0 unspecified atom stereocenters. The molecule has 0 spiro atoms. The van der Waals surface area contributed by atoms with E-state index in [-0.39, 0.29) is 12.6 Å². The highest BCUT2D eigenvalue weighted by Gasteiger charge is 2.25. The van der Waals surface area contributed by atoms with Crippen molar-refractivity contribution in [3.63, 3.8) is 0 Å². The van der Waals surface area contributed by atoms with E-state index in [0.29, 0.717) is 19.2 Å². The molecule has 61 valence electrons. The SMILES string of the molecule is N[C@@H]1CCN([B]C=O)C[C@@H]1F. The van der Waals surface area contributed by atoms with Crippen LogP contribution in [0.15, 0.2) is 0 Å². The molecule has 3 nitrogen and oxygen atoms in total. The van der Waals surface area contributed by atoms with E-state index in [2.05, 4.69) is 0 Å². The fraction of sp³-hybridized carbons (Fsp3) is 0.833. The maximum absolute atomic E-state index is 12.8. The fourth-order valence-corrected chi connectivity index (χ4v) is 1.17. The summed E-state index contributed by atoms with van der Waals surface area (Å²) < 4.78 is 12.8. The third-order valence-electron chi connectivity index (χ3n) is 1.89. The quantitative estimate of drug-likeness (QED) is 0.420. The lowest BCUT2D eigenvalue weighted by molar-refractivity contribution is 0.178. The second-order valence-electron chi connectivity index (χ2n) is 2.75. The van der Waals surface area contributed by atoms with Gasteiger partial charge in [-0.15, -0.1) is 0 Å². The van der Waals surface area contributed by atoms with Crippen LogP contribution in [0, 0.1) is 0 Å². The third-order valence-corrected chi connectivity index (χ3v) is 1.89. The molecule has 5 heteroatoms. The van der Waals surface area contributed by atoms with E-state index in [9.17, 15) is 9.18 Å². The number of alkyl halides is 1. The van der Waals surface area contributed by atoms with Crippen LogP contribution in [0.2, 0.25) is 0 Å². The molecule has 0 saturated carbocycles. The van der Waals surface area contributed by atoms with E-state index in [4.69, 9.17) is 5.73 Å². The van der Waals surface area contributed by atoms with E-state index in [1.807, 2.05) is 0 Å². The molecule has 1 fully saturated rings. The van der Waals surface area contributed by atoms with Crippen LogP contribution in [0.1, 0.15) is 6.42 Å². The average Bonchev–Trinajstić information content (AvgIpc) is 1.98. The number of halogens is 1. The van der Waals surface area contributed by atoms with E-state index < -0.39 is 6.17 Å². The maximum Gasteiger partial charge on any atom is 0.293 e. The number of nitrogens with two attached hydrogens (primary N) is 1. The molecule has 2 atom stereocenters. The van der Waals surface area contributed by atoms with Crippen LogP contribution in [-0.4, -0.2) is 43.7 Å². The lowest BCUT2D eigenvalue weighted by atomic mass is 9.89. The molecule has 0 aliphatic carbocycles. The summed E-state index contributed by atoms with van der Waals surface area (Å²) in [6.45, 7) is 0.931. The summed E-state index contributed by atoms with van der Waals surface area (Å²) in [4.78, 5) is 11.7. The van der Waals surface area contributed by atoms with Gasteiger partial charge in [-0.3, -0.25) is 0 Å². The second-order valence-corrected chi connectivity index (χ2v) is 2.75. The average molecular weight is 157 g/mol. The predicted octanol–water partition coefficient (Wildman–Crippen LogP) is -0.833. The minimum atomic E-state index is -1.00. The van der Waals surface area contributed by atoms with Crippen LogP contribution in [0.4, 0.5) is 4.39 Å². The molecule has 11 heavy (non-hydrogen) atoms. The van der Waals surface area contributed by atoms with Gasteiger partial charge in [-0.05, 0) is 13.0 Å². The van der Waals surface area contributed by atoms with E-state index in [1.54, 1.807) is 4.81 Å². The second kappa shape index (κ2) is 3.83. The number of hydrogen-bond acceptors (Lipinski definition) is 3. The Bertz CT molecular complexity index is 147. The summed E-state index contributed by atoms with van der Waals surface area (Å²) in [5.41, 5.74) is 5.43. The van der Waals surface area contributed by atoms with E-state index in [0.717, 1.165) is 0 Å². The highest BCUT2D eigenvalue weighted by atomic mass is 19.1. The van der Waals surface area contributed by atoms with Gasteiger partial charge >= 0.3 is 0 Å². The number of hydrogen-bond donors (Lipinski definition) is 1. The number of rotatable bonds is 2. The number of carbonyl (C=O) groups is 1. The van der Waals surface area contributed by atoms with Gasteiger partial charge in [-0.2, -0.15) is 0 Å². The number of nitrogens with zero attached hydrogens (tertiary/aromatic N) is 1. The van der Waals surface area contributed by atoms with Crippen LogP contribution < -0.4 is 5.73 Å². The lowest BCUT2D eigenvalue weighted by Crippen LogP contribution is -2.49. The Balaban J connectivity index is 2.33. The molecule has 0 bridgehead atoms. The van der Waals surface area contributed by atoms with Crippen molar-refractivity contribution in [1.29, 1.82) is 0 Å². The molecule has 2 N–H and O–H groups in total. The number of carbonyl (C=O) groups excluding carboxylic acids is 1. The van der Waals surface area contributed by atoms with Crippen LogP contribution in [0.5, 0.6) is 0 Å². The Hall–Kier alpha value is -0.415. The standard InChI is InChI=1S/C6H11BFN2O/c8-5-3-10(7-4-11)2-1-6(5)9/h4-6H,1-3,9H2/t5-,6+/m0/s1. The van der Waals surface area contributed by atoms with E-state index in [1.165, 1.54) is 7.41 Å². The van der Waals surface area contributed by atoms with Crippen molar-refractivity contribution < 1.29 is 9.18 Å². The molecule has 1 rings (SSSR count). The first kappa shape index (κ1) is 8.68. The first-order valence-corrected chi connectivity index (χ1v) is 3.66. The molecule has 1 heterocycles. The van der Waals surface area contributed by atoms with Gasteiger partial charge in [-0.25, -0.2) is 4.39 Å². The molecule has 0 aromatic heterocycles. The van der Waals surface area contributed by atoms with Gasteiger partial charge in [0.15, 0.2) is 0 Å². The molecule has 0 amide bonds. The first-order valence-electron chi connectivity index (χ1n) is 3.66. The summed E-state index contributed by atoms with van der Waals surface area (Å²) in [7, 11) is 1.36. The lowest BCUT2D eigenvalue weighted by Gasteiger charge is -2.31. The molecule has 0 aromatic carbocycles. The molecule has 0 aromatic rings. The Kier molecular flexibility index (Phi) is 3.02. The summed E-state index contributed by atoms with van der Waals surface area (Å²) in [5, 5.41) is 0. The maximum atomic E-state index is 12.8. The number of piperidine rings is 1. The third kappa shape index (κ3) is 2.27. The van der Waals surface area contributed by atoms with Crippen LogP contribution in [0.3, 0.4) is 0 Å². The van der Waals surface area contributed by atoms with Gasteiger partial charge in [0, 0.05) is 12.6 Å². The van der Waals surface area contributed by atoms with Gasteiger partial charge < -0.3 is 15.3 Å². The van der Waals surface area contributed by atoms with Crippen molar-refractivity contribution in [2.45, 2.75) is 18.6 Å². The Morgan fingerprint density at radius 3 is 3.00 bits per heavy atom. The smallest absolute Gasteiger partial charge is 0.293 e. The van der Waals surface area contributed by atoms with Crippen LogP contribution in [0.25, 0.3) is 0 Å². The molecule has 1 aliphatic heterocycles. The zero-order valence-electron chi connectivity index (χ0n) is 6.24. The molecule has 1 aliphatic rings. The van der Waals surface area contributed by atoms with Gasteiger partial charge in [0.05, 0.1) is 6.19 Å². The van der Waals surface area contributed by atoms with Crippen molar-refractivity contribution in [1.82, 2.24) is 4.81 Å². The van der Waals surface area contributed by atoms with Gasteiger partial charge in [0.1, 0.15) is 6.17 Å². The topological polar surface area (TPSA) is 46.3 Å². The van der Waals surface area contributed by atoms with Crippen LogP contribution in [-0.2, 0) is 4.79 Å². The summed E-state index contributed by atoms with van der Waals surface area (Å²) in [6, 6.07) is -0.355. The largest absolute Gasteiger partial charge is 0.337 e. The van der Waals surface area contributed by atoms with Crippen LogP contribution >= 0.6 is 0 Å².